The van der Waals surface area contributed by atoms with E-state index in [4.69, 9.17) is 0 Å². The lowest BCUT2D eigenvalue weighted by molar-refractivity contribution is -0.139. The second-order valence-corrected chi connectivity index (χ2v) is 8.42. The van der Waals surface area contributed by atoms with E-state index in [0.29, 0.717) is 12.5 Å². The third-order valence-electron chi connectivity index (χ3n) is 6.36. The fourth-order valence-electron chi connectivity index (χ4n) is 4.52. The highest BCUT2D eigenvalue weighted by Crippen LogP contribution is 2.30. The summed E-state index contributed by atoms with van der Waals surface area (Å²) in [7, 11) is 2.01. The lowest BCUT2D eigenvalue weighted by Gasteiger charge is -2.34. The standard InChI is InChI=1S/C24H39N3O2/c1-4-21-12-11-20(18-22(21)5-2)19-25-13-7-9-15-27(16-17-28)24(29)23-10-6-8-14-26(23)3/h4-5,17,20,23,25H,1-2,6-16,18-19H2,3H3. The number of likely N-dealkylation sites (N-methyl/N-ethyl adjacent to an activating group) is 1. The summed E-state index contributed by atoms with van der Waals surface area (Å²) in [6.45, 7) is 11.6. The number of hydrogen-bond acceptors (Lipinski definition) is 4. The Bertz CT molecular complexity index is 599. The molecule has 1 aliphatic carbocycles. The van der Waals surface area contributed by atoms with E-state index in [2.05, 4.69) is 23.4 Å². The van der Waals surface area contributed by atoms with Crippen LogP contribution in [0.15, 0.2) is 36.5 Å². The Hall–Kier alpha value is -1.72. The maximum absolute atomic E-state index is 12.8. The smallest absolute Gasteiger partial charge is 0.240 e. The first kappa shape index (κ1) is 23.6. The van der Waals surface area contributed by atoms with Crippen molar-refractivity contribution in [1.29, 1.82) is 0 Å². The van der Waals surface area contributed by atoms with Gasteiger partial charge >= 0.3 is 0 Å². The molecule has 1 amide bonds. The summed E-state index contributed by atoms with van der Waals surface area (Å²) in [4.78, 5) is 27.8. The van der Waals surface area contributed by atoms with Crippen molar-refractivity contribution in [1.82, 2.24) is 15.1 Å². The third kappa shape index (κ3) is 7.23. The molecular formula is C24H39N3O2. The molecule has 0 saturated carbocycles. The van der Waals surface area contributed by atoms with E-state index in [1.165, 1.54) is 17.6 Å². The van der Waals surface area contributed by atoms with E-state index < -0.39 is 0 Å². The Morgan fingerprint density at radius 3 is 2.69 bits per heavy atom. The topological polar surface area (TPSA) is 52.7 Å². The zero-order valence-electron chi connectivity index (χ0n) is 18.2. The molecule has 0 aromatic heterocycles. The Morgan fingerprint density at radius 1 is 1.21 bits per heavy atom. The van der Waals surface area contributed by atoms with Crippen molar-refractivity contribution in [3.05, 3.63) is 36.5 Å². The van der Waals surface area contributed by atoms with Crippen LogP contribution in [0, 0.1) is 5.92 Å². The summed E-state index contributed by atoms with van der Waals surface area (Å²) in [5.74, 6) is 0.776. The minimum Gasteiger partial charge on any atom is -0.334 e. The van der Waals surface area contributed by atoms with E-state index in [1.54, 1.807) is 4.90 Å². The summed E-state index contributed by atoms with van der Waals surface area (Å²) in [5.41, 5.74) is 2.69. The molecule has 1 saturated heterocycles. The number of unbranched alkanes of at least 4 members (excludes halogenated alkanes) is 1. The van der Waals surface area contributed by atoms with Gasteiger partial charge in [0.1, 0.15) is 6.29 Å². The van der Waals surface area contributed by atoms with Gasteiger partial charge in [0.05, 0.1) is 12.6 Å². The van der Waals surface area contributed by atoms with Crippen LogP contribution in [0.2, 0.25) is 0 Å². The second-order valence-electron chi connectivity index (χ2n) is 8.42. The highest BCUT2D eigenvalue weighted by Gasteiger charge is 2.29. The molecule has 1 heterocycles. The average molecular weight is 402 g/mol. The maximum atomic E-state index is 12.8. The molecule has 2 unspecified atom stereocenters. The van der Waals surface area contributed by atoms with Crippen molar-refractivity contribution in [2.75, 3.05) is 39.8 Å². The van der Waals surface area contributed by atoms with Crippen molar-refractivity contribution in [2.24, 2.45) is 5.92 Å². The van der Waals surface area contributed by atoms with Crippen molar-refractivity contribution in [3.63, 3.8) is 0 Å². The molecule has 0 aromatic rings. The molecular weight excluding hydrogens is 362 g/mol. The number of likely N-dealkylation sites (tertiary alicyclic amines) is 1. The van der Waals surface area contributed by atoms with Gasteiger partial charge in [-0.05, 0) is 88.7 Å². The number of aldehydes is 1. The average Bonchev–Trinajstić information content (AvgIpc) is 2.75. The number of carbonyl (C=O) groups excluding carboxylic acids is 2. The molecule has 0 aromatic carbocycles. The normalized spacial score (nSPS) is 22.9. The molecule has 1 fully saturated rings. The molecule has 2 atom stereocenters. The van der Waals surface area contributed by atoms with Gasteiger partial charge in [-0.25, -0.2) is 0 Å². The fourth-order valence-corrected chi connectivity index (χ4v) is 4.52. The Balaban J connectivity index is 1.67. The highest BCUT2D eigenvalue weighted by molar-refractivity contribution is 5.83. The minimum absolute atomic E-state index is 0.0549. The molecule has 5 nitrogen and oxygen atoms in total. The summed E-state index contributed by atoms with van der Waals surface area (Å²) >= 11 is 0. The Morgan fingerprint density at radius 2 is 2.00 bits per heavy atom. The number of amides is 1. The van der Waals surface area contributed by atoms with Crippen LogP contribution in [-0.2, 0) is 9.59 Å². The van der Waals surface area contributed by atoms with Gasteiger partial charge in [0.25, 0.3) is 0 Å². The second kappa shape index (κ2) is 12.8. The molecule has 2 rings (SSSR count). The predicted octanol–water partition coefficient (Wildman–Crippen LogP) is 3.34. The Labute approximate surface area is 176 Å². The van der Waals surface area contributed by atoms with Crippen LogP contribution in [0.3, 0.4) is 0 Å². The number of hydrogen-bond donors (Lipinski definition) is 1. The van der Waals surface area contributed by atoms with Crippen LogP contribution in [0.5, 0.6) is 0 Å². The van der Waals surface area contributed by atoms with Gasteiger partial charge in [0, 0.05) is 6.54 Å². The number of nitrogens with zero attached hydrogens (tertiary/aromatic N) is 2. The highest BCUT2D eigenvalue weighted by atomic mass is 16.2. The van der Waals surface area contributed by atoms with Gasteiger partial charge < -0.3 is 15.0 Å². The SMILES string of the molecule is C=CC1=C(C=C)CC(CNCCCCN(CC=O)C(=O)C2CCCCN2C)CC1. The molecule has 5 heteroatoms. The van der Waals surface area contributed by atoms with Crippen molar-refractivity contribution in [2.45, 2.75) is 57.4 Å². The van der Waals surface area contributed by atoms with Gasteiger partial charge in [-0.15, -0.1) is 0 Å². The largest absolute Gasteiger partial charge is 0.334 e. The first-order chi connectivity index (χ1) is 14.1. The molecule has 29 heavy (non-hydrogen) atoms. The van der Waals surface area contributed by atoms with E-state index in [9.17, 15) is 9.59 Å². The first-order valence-corrected chi connectivity index (χ1v) is 11.2. The molecule has 1 N–H and O–H groups in total. The predicted molar refractivity (Wildman–Crippen MR) is 120 cm³/mol. The van der Waals surface area contributed by atoms with E-state index >= 15 is 0 Å². The van der Waals surface area contributed by atoms with Crippen LogP contribution in [0.4, 0.5) is 0 Å². The number of rotatable bonds is 12. The Kier molecular flexibility index (Phi) is 10.4. The maximum Gasteiger partial charge on any atom is 0.240 e. The first-order valence-electron chi connectivity index (χ1n) is 11.2. The zero-order chi connectivity index (χ0) is 21.1. The van der Waals surface area contributed by atoms with Crippen molar-refractivity contribution < 1.29 is 9.59 Å². The third-order valence-corrected chi connectivity index (χ3v) is 6.36. The quantitative estimate of drug-likeness (QED) is 0.403. The van der Waals surface area contributed by atoms with E-state index in [1.807, 2.05) is 19.2 Å². The lowest BCUT2D eigenvalue weighted by atomic mass is 9.84. The van der Waals surface area contributed by atoms with Crippen LogP contribution in [0.25, 0.3) is 0 Å². The number of nitrogens with one attached hydrogen (secondary N) is 1. The zero-order valence-corrected chi connectivity index (χ0v) is 18.2. The molecule has 1 aliphatic heterocycles. The summed E-state index contributed by atoms with van der Waals surface area (Å²) in [5, 5.41) is 3.57. The van der Waals surface area contributed by atoms with Crippen LogP contribution in [0.1, 0.15) is 51.4 Å². The summed E-state index contributed by atoms with van der Waals surface area (Å²) in [6, 6.07) is -0.0549. The minimum atomic E-state index is -0.0549. The number of piperidine rings is 1. The van der Waals surface area contributed by atoms with Crippen LogP contribution >= 0.6 is 0 Å². The molecule has 162 valence electrons. The molecule has 2 aliphatic rings. The molecule has 0 spiro atoms. The van der Waals surface area contributed by atoms with Gasteiger partial charge in [-0.1, -0.05) is 31.7 Å². The lowest BCUT2D eigenvalue weighted by Crippen LogP contribution is -2.50. The van der Waals surface area contributed by atoms with Gasteiger partial charge in [-0.3, -0.25) is 9.69 Å². The van der Waals surface area contributed by atoms with E-state index in [-0.39, 0.29) is 18.5 Å². The van der Waals surface area contributed by atoms with Crippen LogP contribution < -0.4 is 5.32 Å². The van der Waals surface area contributed by atoms with Gasteiger partial charge in [-0.2, -0.15) is 0 Å². The van der Waals surface area contributed by atoms with E-state index in [0.717, 1.165) is 70.9 Å². The van der Waals surface area contributed by atoms with Crippen molar-refractivity contribution in [3.8, 4) is 0 Å². The number of carbonyl (C=O) groups is 2. The summed E-state index contributed by atoms with van der Waals surface area (Å²) in [6.07, 6.45) is 13.3. The summed E-state index contributed by atoms with van der Waals surface area (Å²) < 4.78 is 0. The molecule has 0 bridgehead atoms. The monoisotopic (exact) mass is 401 g/mol. The number of allylic oxidation sites excluding steroid dienone is 4. The van der Waals surface area contributed by atoms with Gasteiger partial charge in [0.15, 0.2) is 0 Å². The fraction of sp³-hybridized carbons (Fsp3) is 0.667. The molecule has 0 radical (unpaired) electrons. The van der Waals surface area contributed by atoms with Crippen LogP contribution in [-0.4, -0.2) is 67.8 Å². The van der Waals surface area contributed by atoms with Crippen molar-refractivity contribution >= 4 is 12.2 Å². The van der Waals surface area contributed by atoms with Gasteiger partial charge in [0.2, 0.25) is 5.91 Å².